The van der Waals surface area contributed by atoms with Gasteiger partial charge >= 0.3 is 12.1 Å². The van der Waals surface area contributed by atoms with Crippen LogP contribution in [-0.4, -0.2) is 69.7 Å². The van der Waals surface area contributed by atoms with Crippen molar-refractivity contribution >= 4 is 34.4 Å². The van der Waals surface area contributed by atoms with Crippen LogP contribution in [0.2, 0.25) is 0 Å². The number of rotatable bonds is 6. The minimum Gasteiger partial charge on any atom is -0.475 e. The number of carbonyl (C=O) groups excluding carboxylic acids is 2. The van der Waals surface area contributed by atoms with Gasteiger partial charge in [-0.1, -0.05) is 30.3 Å². The Balaban J connectivity index is 0.000000493. The Bertz CT molecular complexity index is 1470. The number of likely N-dealkylation sites (tertiary alicyclic amines) is 1. The normalized spacial score (nSPS) is 13.7. The van der Waals surface area contributed by atoms with E-state index in [4.69, 9.17) is 14.6 Å². The monoisotopic (exact) mass is 568 g/mol. The summed E-state index contributed by atoms with van der Waals surface area (Å²) in [6.07, 6.45) is -0.0516. The van der Waals surface area contributed by atoms with Gasteiger partial charge in [-0.3, -0.25) is 14.5 Å². The third kappa shape index (κ3) is 7.84. The molecular weight excluding hydrogens is 541 g/mol. The number of para-hydroxylation sites is 1. The van der Waals surface area contributed by atoms with Crippen molar-refractivity contribution in [1.29, 1.82) is 0 Å². The molecule has 1 saturated heterocycles. The molecule has 9 nitrogen and oxygen atoms in total. The maximum atomic E-state index is 13.5. The van der Waals surface area contributed by atoms with Gasteiger partial charge in [-0.15, -0.1) is 0 Å². The number of aromatic nitrogens is 2. The van der Waals surface area contributed by atoms with E-state index in [0.717, 1.165) is 23.7 Å². The number of amides is 2. The molecular formula is C29H27F3N4O5. The van der Waals surface area contributed by atoms with Crippen LogP contribution in [0.25, 0.3) is 10.9 Å². The van der Waals surface area contributed by atoms with Crippen LogP contribution in [0.5, 0.6) is 5.88 Å². The Labute approximate surface area is 233 Å². The predicted molar refractivity (Wildman–Crippen MR) is 145 cm³/mol. The third-order valence-electron chi connectivity index (χ3n) is 6.37. The number of hydrogen-bond acceptors (Lipinski definition) is 5. The highest BCUT2D eigenvalue weighted by atomic mass is 19.4. The van der Waals surface area contributed by atoms with E-state index in [9.17, 15) is 22.8 Å². The number of halogens is 3. The lowest BCUT2D eigenvalue weighted by Crippen LogP contribution is -2.47. The zero-order valence-corrected chi connectivity index (χ0v) is 21.8. The Hall–Kier alpha value is -4.87. The molecule has 0 atom stereocenters. The van der Waals surface area contributed by atoms with Crippen LogP contribution in [0.4, 0.5) is 18.9 Å². The van der Waals surface area contributed by atoms with E-state index in [-0.39, 0.29) is 24.5 Å². The molecule has 12 heteroatoms. The Morgan fingerprint density at radius 1 is 1.00 bits per heavy atom. The summed E-state index contributed by atoms with van der Waals surface area (Å²) < 4.78 is 37.7. The molecule has 0 radical (unpaired) electrons. The van der Waals surface area contributed by atoms with Crippen molar-refractivity contribution in [2.75, 3.05) is 24.5 Å². The number of benzene rings is 2. The highest BCUT2D eigenvalue weighted by Gasteiger charge is 2.38. The summed E-state index contributed by atoms with van der Waals surface area (Å²) in [5, 5.41) is 8.16. The number of carbonyl (C=O) groups is 3. The molecule has 3 heterocycles. The first-order valence-corrected chi connectivity index (χ1v) is 12.7. The quantitative estimate of drug-likeness (QED) is 0.342. The third-order valence-corrected chi connectivity index (χ3v) is 6.37. The van der Waals surface area contributed by atoms with E-state index < -0.39 is 12.1 Å². The lowest BCUT2D eigenvalue weighted by Gasteiger charge is -2.33. The van der Waals surface area contributed by atoms with Crippen molar-refractivity contribution in [1.82, 2.24) is 14.9 Å². The maximum Gasteiger partial charge on any atom is 0.490 e. The maximum absolute atomic E-state index is 13.5. The van der Waals surface area contributed by atoms with Gasteiger partial charge in [0.05, 0.1) is 0 Å². The highest BCUT2D eigenvalue weighted by Crippen LogP contribution is 2.22. The van der Waals surface area contributed by atoms with E-state index in [1.807, 2.05) is 77.8 Å². The molecule has 4 aromatic rings. The van der Waals surface area contributed by atoms with E-state index in [0.29, 0.717) is 30.2 Å². The summed E-state index contributed by atoms with van der Waals surface area (Å²) in [4.78, 5) is 46.4. The van der Waals surface area contributed by atoms with Gasteiger partial charge < -0.3 is 19.7 Å². The molecule has 214 valence electrons. The molecule has 2 aromatic heterocycles. The average molecular weight is 569 g/mol. The summed E-state index contributed by atoms with van der Waals surface area (Å²) in [5.74, 6) is -2.43. The van der Waals surface area contributed by atoms with Crippen LogP contribution >= 0.6 is 0 Å². The number of H-pyrrole nitrogens is 1. The van der Waals surface area contributed by atoms with Crippen LogP contribution in [0.1, 0.15) is 23.2 Å². The predicted octanol–water partition coefficient (Wildman–Crippen LogP) is 4.91. The van der Waals surface area contributed by atoms with Gasteiger partial charge in [0.25, 0.3) is 5.91 Å². The molecule has 0 saturated carbocycles. The Kier molecular flexibility index (Phi) is 9.23. The van der Waals surface area contributed by atoms with Gasteiger partial charge in [0.15, 0.2) is 0 Å². The van der Waals surface area contributed by atoms with Gasteiger partial charge in [0.1, 0.15) is 12.6 Å². The van der Waals surface area contributed by atoms with Crippen LogP contribution in [0.15, 0.2) is 85.2 Å². The molecule has 2 amide bonds. The average Bonchev–Trinajstić information content (AvgIpc) is 3.45. The zero-order chi connectivity index (χ0) is 29.4. The largest absolute Gasteiger partial charge is 0.490 e. The first-order valence-electron chi connectivity index (χ1n) is 12.7. The van der Waals surface area contributed by atoms with E-state index >= 15 is 0 Å². The molecule has 1 aliphatic rings. The smallest absolute Gasteiger partial charge is 0.475 e. The lowest BCUT2D eigenvalue weighted by atomic mass is 10.1. The van der Waals surface area contributed by atoms with Crippen molar-refractivity contribution in [2.24, 2.45) is 0 Å². The number of pyridine rings is 1. The van der Waals surface area contributed by atoms with Crippen LogP contribution in [0.3, 0.4) is 0 Å². The highest BCUT2D eigenvalue weighted by molar-refractivity contribution is 6.10. The molecule has 0 aliphatic carbocycles. The van der Waals surface area contributed by atoms with Gasteiger partial charge in [-0.2, -0.15) is 13.2 Å². The molecule has 0 spiro atoms. The summed E-state index contributed by atoms with van der Waals surface area (Å²) in [7, 11) is 0. The van der Waals surface area contributed by atoms with E-state index in [1.165, 1.54) is 0 Å². The fourth-order valence-electron chi connectivity index (χ4n) is 4.27. The summed E-state index contributed by atoms with van der Waals surface area (Å²) in [6.45, 7) is 1.15. The summed E-state index contributed by atoms with van der Waals surface area (Å²) in [6, 6.07) is 22.4. The van der Waals surface area contributed by atoms with Crippen molar-refractivity contribution in [3.8, 4) is 5.88 Å². The van der Waals surface area contributed by atoms with Crippen molar-refractivity contribution < 1.29 is 37.4 Å². The minimum absolute atomic E-state index is 0.0165. The van der Waals surface area contributed by atoms with Gasteiger partial charge in [-0.25, -0.2) is 9.78 Å². The number of hydrogen-bond donors (Lipinski definition) is 2. The van der Waals surface area contributed by atoms with E-state index in [2.05, 4.69) is 9.97 Å². The number of ether oxygens (including phenoxy) is 1. The fourth-order valence-corrected chi connectivity index (χ4v) is 4.27. The van der Waals surface area contributed by atoms with E-state index in [1.54, 1.807) is 17.2 Å². The van der Waals surface area contributed by atoms with Crippen LogP contribution in [-0.2, 0) is 9.59 Å². The van der Waals surface area contributed by atoms with Crippen LogP contribution < -0.4 is 9.64 Å². The van der Waals surface area contributed by atoms with Gasteiger partial charge in [0.2, 0.25) is 11.8 Å². The Morgan fingerprint density at radius 2 is 1.68 bits per heavy atom. The summed E-state index contributed by atoms with van der Waals surface area (Å²) in [5.41, 5.74) is 2.12. The number of carboxylic acid groups (broad SMARTS) is 1. The van der Waals surface area contributed by atoms with Crippen molar-refractivity contribution in [3.63, 3.8) is 0 Å². The number of alkyl halides is 3. The number of nitrogens with one attached hydrogen (secondary N) is 1. The second-order valence-corrected chi connectivity index (χ2v) is 9.18. The number of aliphatic carboxylic acids is 1. The number of nitrogens with zero attached hydrogens (tertiary/aromatic N) is 3. The molecule has 2 aromatic carbocycles. The zero-order valence-electron chi connectivity index (χ0n) is 21.8. The molecule has 41 heavy (non-hydrogen) atoms. The van der Waals surface area contributed by atoms with Gasteiger partial charge in [0, 0.05) is 61.2 Å². The number of piperidine rings is 1. The molecule has 5 rings (SSSR count). The second kappa shape index (κ2) is 13.0. The van der Waals surface area contributed by atoms with Crippen LogP contribution in [0, 0.1) is 0 Å². The number of aromatic amines is 1. The molecule has 2 N–H and O–H groups in total. The fraction of sp³-hybridized carbons (Fsp3) is 0.241. The number of anilines is 1. The molecule has 1 fully saturated rings. The lowest BCUT2D eigenvalue weighted by molar-refractivity contribution is -0.192. The minimum atomic E-state index is -5.08. The molecule has 0 unspecified atom stereocenters. The second-order valence-electron chi connectivity index (χ2n) is 9.18. The Morgan fingerprint density at radius 3 is 2.32 bits per heavy atom. The molecule has 1 aliphatic heterocycles. The van der Waals surface area contributed by atoms with Crippen molar-refractivity contribution in [2.45, 2.75) is 25.1 Å². The number of carboxylic acids is 1. The first kappa shape index (κ1) is 29.1. The molecule has 0 bridgehead atoms. The SMILES string of the molecule is O=C(CN(C(=O)c1ccc2cc[nH]c2c1)c1ccccc1)N1CCC(Oc2ccccn2)CC1.O=C(O)C(F)(F)F. The topological polar surface area (TPSA) is 116 Å². The van der Waals surface area contributed by atoms with Crippen molar-refractivity contribution in [3.05, 3.63) is 90.8 Å². The van der Waals surface area contributed by atoms with Gasteiger partial charge in [-0.05, 0) is 41.8 Å². The first-order chi connectivity index (χ1) is 19.6. The summed E-state index contributed by atoms with van der Waals surface area (Å²) >= 11 is 0. The standard InChI is InChI=1S/C27H26N4O3.C2HF3O2/c32-26(30-16-12-23(13-17-30)34-25-8-4-5-14-29-25)19-31(22-6-2-1-3-7-22)27(33)21-10-9-20-11-15-28-24(20)18-21;3-2(4,5)1(6)7/h1-11,14-15,18,23,28H,12-13,16-17,19H2;(H,6,7). The number of fused-ring (bicyclic) bond motifs is 1.